The van der Waals surface area contributed by atoms with E-state index in [1.807, 2.05) is 29.1 Å². The van der Waals surface area contributed by atoms with Crippen molar-refractivity contribution in [2.24, 2.45) is 5.73 Å². The van der Waals surface area contributed by atoms with Gasteiger partial charge in [0.2, 0.25) is 10.0 Å². The van der Waals surface area contributed by atoms with E-state index in [1.54, 1.807) is 0 Å². The maximum atomic E-state index is 12.2. The van der Waals surface area contributed by atoms with Gasteiger partial charge in [0.05, 0.1) is 17.6 Å². The Balaban J connectivity index is 2.14. The van der Waals surface area contributed by atoms with Crippen molar-refractivity contribution in [3.8, 4) is 5.75 Å². The SMILES string of the molecule is COc1ccc(S(=O)(=O)NCCn2cccc2)cc1C(N)=O. The second kappa shape index (κ2) is 6.63. The zero-order valence-corrected chi connectivity index (χ0v) is 12.8. The van der Waals surface area contributed by atoms with Crippen LogP contribution in [-0.4, -0.2) is 32.5 Å². The third kappa shape index (κ3) is 3.66. The summed E-state index contributed by atoms with van der Waals surface area (Å²) in [5.74, 6) is -0.514. The van der Waals surface area contributed by atoms with Gasteiger partial charge in [-0.15, -0.1) is 0 Å². The molecule has 0 spiro atoms. The summed E-state index contributed by atoms with van der Waals surface area (Å²) in [6, 6.07) is 7.69. The molecule has 22 heavy (non-hydrogen) atoms. The lowest BCUT2D eigenvalue weighted by Gasteiger charge is -2.10. The Labute approximate surface area is 128 Å². The Morgan fingerprint density at radius 3 is 2.59 bits per heavy atom. The van der Waals surface area contributed by atoms with Crippen molar-refractivity contribution >= 4 is 15.9 Å². The average molecular weight is 323 g/mol. The highest BCUT2D eigenvalue weighted by atomic mass is 32.2. The van der Waals surface area contributed by atoms with Crippen molar-refractivity contribution in [1.29, 1.82) is 0 Å². The maximum Gasteiger partial charge on any atom is 0.252 e. The fourth-order valence-corrected chi connectivity index (χ4v) is 3.01. The normalized spacial score (nSPS) is 11.3. The molecule has 2 aromatic rings. The highest BCUT2D eigenvalue weighted by molar-refractivity contribution is 7.89. The molecule has 0 saturated carbocycles. The molecule has 1 aromatic heterocycles. The molecule has 1 heterocycles. The van der Waals surface area contributed by atoms with E-state index in [2.05, 4.69) is 4.72 Å². The molecule has 0 saturated heterocycles. The standard InChI is InChI=1S/C14H17N3O4S/c1-21-13-5-4-11(10-12(13)14(15)18)22(19,20)16-6-9-17-7-2-3-8-17/h2-5,7-8,10,16H,6,9H2,1H3,(H2,15,18). The highest BCUT2D eigenvalue weighted by Gasteiger charge is 2.18. The minimum atomic E-state index is -3.72. The lowest BCUT2D eigenvalue weighted by Crippen LogP contribution is -2.27. The molecule has 1 aromatic carbocycles. The summed E-state index contributed by atoms with van der Waals surface area (Å²) in [6.45, 7) is 0.736. The minimum absolute atomic E-state index is 0.0239. The van der Waals surface area contributed by atoms with Crippen LogP contribution >= 0.6 is 0 Å². The summed E-state index contributed by atoms with van der Waals surface area (Å²) in [6.07, 6.45) is 3.68. The van der Waals surface area contributed by atoms with Gasteiger partial charge in [-0.05, 0) is 30.3 Å². The van der Waals surface area contributed by atoms with Crippen LogP contribution in [0.2, 0.25) is 0 Å². The number of hydrogen-bond donors (Lipinski definition) is 2. The van der Waals surface area contributed by atoms with Gasteiger partial charge in [0.1, 0.15) is 5.75 Å². The van der Waals surface area contributed by atoms with Gasteiger partial charge in [0.15, 0.2) is 0 Å². The van der Waals surface area contributed by atoms with Crippen LogP contribution in [0.1, 0.15) is 10.4 Å². The molecule has 0 radical (unpaired) electrons. The first-order valence-electron chi connectivity index (χ1n) is 6.52. The summed E-state index contributed by atoms with van der Waals surface area (Å²) < 4.78 is 33.8. The van der Waals surface area contributed by atoms with Crippen molar-refractivity contribution in [3.05, 3.63) is 48.3 Å². The Morgan fingerprint density at radius 1 is 1.32 bits per heavy atom. The number of nitrogens with one attached hydrogen (secondary N) is 1. The topological polar surface area (TPSA) is 103 Å². The van der Waals surface area contributed by atoms with Gasteiger partial charge in [-0.2, -0.15) is 0 Å². The molecule has 3 N–H and O–H groups in total. The molecule has 2 rings (SSSR count). The van der Waals surface area contributed by atoms with E-state index in [-0.39, 0.29) is 22.8 Å². The molecular weight excluding hydrogens is 306 g/mol. The molecule has 0 bridgehead atoms. The van der Waals surface area contributed by atoms with Gasteiger partial charge in [-0.1, -0.05) is 0 Å². The monoisotopic (exact) mass is 323 g/mol. The molecule has 7 nitrogen and oxygen atoms in total. The number of methoxy groups -OCH3 is 1. The van der Waals surface area contributed by atoms with Crippen LogP contribution in [0.3, 0.4) is 0 Å². The second-order valence-electron chi connectivity index (χ2n) is 4.54. The Hall–Kier alpha value is -2.32. The molecule has 118 valence electrons. The lowest BCUT2D eigenvalue weighted by atomic mass is 10.2. The molecule has 0 unspecified atom stereocenters. The Morgan fingerprint density at radius 2 is 2.00 bits per heavy atom. The van der Waals surface area contributed by atoms with E-state index in [9.17, 15) is 13.2 Å². The Bertz CT molecular complexity index is 754. The number of hydrogen-bond acceptors (Lipinski definition) is 4. The van der Waals surface area contributed by atoms with Crippen LogP contribution in [0, 0.1) is 0 Å². The number of rotatable bonds is 7. The largest absolute Gasteiger partial charge is 0.496 e. The van der Waals surface area contributed by atoms with Crippen molar-refractivity contribution in [1.82, 2.24) is 9.29 Å². The molecule has 1 amide bonds. The number of benzene rings is 1. The van der Waals surface area contributed by atoms with Crippen molar-refractivity contribution in [2.45, 2.75) is 11.4 Å². The fourth-order valence-electron chi connectivity index (χ4n) is 1.96. The number of amides is 1. The summed E-state index contributed by atoms with van der Waals surface area (Å²) in [5.41, 5.74) is 5.25. The quantitative estimate of drug-likeness (QED) is 0.777. The second-order valence-corrected chi connectivity index (χ2v) is 6.31. The smallest absolute Gasteiger partial charge is 0.252 e. The van der Waals surface area contributed by atoms with Crippen molar-refractivity contribution in [3.63, 3.8) is 0 Å². The zero-order valence-electron chi connectivity index (χ0n) is 12.0. The number of primary amides is 1. The predicted octanol–water partition coefficient (Wildman–Crippen LogP) is 0.574. The molecule has 0 fully saturated rings. The number of carbonyl (C=O) groups is 1. The van der Waals surface area contributed by atoms with Crippen LogP contribution in [0.5, 0.6) is 5.75 Å². The number of nitrogens with zero attached hydrogens (tertiary/aromatic N) is 1. The van der Waals surface area contributed by atoms with Crippen molar-refractivity contribution < 1.29 is 17.9 Å². The Kier molecular flexibility index (Phi) is 4.84. The molecule has 8 heteroatoms. The van der Waals surface area contributed by atoms with Gasteiger partial charge < -0.3 is 15.0 Å². The van der Waals surface area contributed by atoms with E-state index >= 15 is 0 Å². The first-order chi connectivity index (χ1) is 10.4. The van der Waals surface area contributed by atoms with Crippen LogP contribution in [0.15, 0.2) is 47.6 Å². The first kappa shape index (κ1) is 16.1. The summed E-state index contributed by atoms with van der Waals surface area (Å²) in [5, 5.41) is 0. The number of nitrogens with two attached hydrogens (primary N) is 1. The fraction of sp³-hybridized carbons (Fsp3) is 0.214. The summed E-state index contributed by atoms with van der Waals surface area (Å²) in [7, 11) is -2.34. The lowest BCUT2D eigenvalue weighted by molar-refractivity contribution is 0.0997. The zero-order chi connectivity index (χ0) is 16.2. The van der Waals surface area contributed by atoms with E-state index in [1.165, 1.54) is 25.3 Å². The third-order valence-corrected chi connectivity index (χ3v) is 4.53. The number of carbonyl (C=O) groups excluding carboxylic acids is 1. The van der Waals surface area contributed by atoms with Crippen LogP contribution in [-0.2, 0) is 16.6 Å². The van der Waals surface area contributed by atoms with E-state index in [0.717, 1.165) is 0 Å². The van der Waals surface area contributed by atoms with E-state index in [0.29, 0.717) is 6.54 Å². The van der Waals surface area contributed by atoms with Gasteiger partial charge in [-0.25, -0.2) is 13.1 Å². The molecule has 0 atom stereocenters. The van der Waals surface area contributed by atoms with Gasteiger partial charge in [0, 0.05) is 25.5 Å². The van der Waals surface area contributed by atoms with E-state index in [4.69, 9.17) is 10.5 Å². The predicted molar refractivity (Wildman–Crippen MR) is 81.1 cm³/mol. The number of sulfonamides is 1. The summed E-state index contributed by atoms with van der Waals surface area (Å²) >= 11 is 0. The maximum absolute atomic E-state index is 12.2. The molecule has 0 aliphatic rings. The number of ether oxygens (including phenoxy) is 1. The van der Waals surface area contributed by atoms with Gasteiger partial charge in [-0.3, -0.25) is 4.79 Å². The highest BCUT2D eigenvalue weighted by Crippen LogP contribution is 2.21. The van der Waals surface area contributed by atoms with Crippen molar-refractivity contribution in [2.75, 3.05) is 13.7 Å². The van der Waals surface area contributed by atoms with Gasteiger partial charge in [0.25, 0.3) is 5.91 Å². The van der Waals surface area contributed by atoms with Crippen LogP contribution in [0.25, 0.3) is 0 Å². The molecule has 0 aliphatic heterocycles. The van der Waals surface area contributed by atoms with Crippen LogP contribution in [0.4, 0.5) is 0 Å². The van der Waals surface area contributed by atoms with E-state index < -0.39 is 15.9 Å². The number of aromatic nitrogens is 1. The van der Waals surface area contributed by atoms with Crippen LogP contribution < -0.4 is 15.2 Å². The minimum Gasteiger partial charge on any atom is -0.496 e. The molecule has 0 aliphatic carbocycles. The third-order valence-electron chi connectivity index (χ3n) is 3.07. The average Bonchev–Trinajstić information content (AvgIpc) is 2.99. The van der Waals surface area contributed by atoms with Gasteiger partial charge >= 0.3 is 0 Å². The summed E-state index contributed by atoms with van der Waals surface area (Å²) in [4.78, 5) is 11.3. The first-order valence-corrected chi connectivity index (χ1v) is 8.00. The molecular formula is C14H17N3O4S.